The number of amides is 2. The van der Waals surface area contributed by atoms with Gasteiger partial charge in [0.15, 0.2) is 0 Å². The van der Waals surface area contributed by atoms with Gasteiger partial charge < -0.3 is 16.4 Å². The van der Waals surface area contributed by atoms with Gasteiger partial charge >= 0.3 is 6.03 Å². The van der Waals surface area contributed by atoms with Crippen LogP contribution in [-0.2, 0) is 6.54 Å². The minimum Gasteiger partial charge on any atom is -0.326 e. The highest BCUT2D eigenvalue weighted by molar-refractivity contribution is 5.99. The Labute approximate surface area is 119 Å². The summed E-state index contributed by atoms with van der Waals surface area (Å²) in [6, 6.07) is 13.1. The lowest BCUT2D eigenvalue weighted by Crippen LogP contribution is -2.19. The van der Waals surface area contributed by atoms with E-state index in [1.54, 1.807) is 0 Å². The minimum absolute atomic E-state index is 0.254. The first-order valence-electron chi connectivity index (χ1n) is 6.52. The lowest BCUT2D eigenvalue weighted by atomic mass is 10.1. The van der Waals surface area contributed by atoms with Crippen molar-refractivity contribution in [2.24, 2.45) is 5.73 Å². The highest BCUT2D eigenvalue weighted by Gasteiger charge is 2.03. The van der Waals surface area contributed by atoms with Crippen molar-refractivity contribution in [1.82, 2.24) is 0 Å². The van der Waals surface area contributed by atoms with Gasteiger partial charge in [0.05, 0.1) is 0 Å². The van der Waals surface area contributed by atoms with Gasteiger partial charge in [0.25, 0.3) is 0 Å². The van der Waals surface area contributed by atoms with E-state index in [2.05, 4.69) is 16.7 Å². The fourth-order valence-corrected chi connectivity index (χ4v) is 2.06. The van der Waals surface area contributed by atoms with Crippen molar-refractivity contribution in [3.63, 3.8) is 0 Å². The quantitative estimate of drug-likeness (QED) is 0.799. The number of urea groups is 1. The Bertz CT molecular complexity index is 585. The van der Waals surface area contributed by atoms with Crippen molar-refractivity contribution in [2.45, 2.75) is 20.4 Å². The number of anilines is 2. The highest BCUT2D eigenvalue weighted by atomic mass is 16.2. The molecule has 0 aromatic heterocycles. The summed E-state index contributed by atoms with van der Waals surface area (Å²) in [5.41, 5.74) is 10.3. The molecule has 0 atom stereocenters. The second-order valence-electron chi connectivity index (χ2n) is 4.86. The number of nitrogens with one attached hydrogen (secondary N) is 2. The molecule has 0 aliphatic heterocycles. The zero-order chi connectivity index (χ0) is 14.5. The molecule has 0 saturated carbocycles. The summed E-state index contributed by atoms with van der Waals surface area (Å²) in [5, 5.41) is 5.62. The van der Waals surface area contributed by atoms with Crippen LogP contribution in [0.3, 0.4) is 0 Å². The van der Waals surface area contributed by atoms with Gasteiger partial charge in [-0.2, -0.15) is 0 Å². The van der Waals surface area contributed by atoms with Gasteiger partial charge in [-0.1, -0.05) is 18.2 Å². The molecule has 0 aliphatic carbocycles. The maximum atomic E-state index is 11.9. The summed E-state index contributed by atoms with van der Waals surface area (Å²) in [4.78, 5) is 11.9. The van der Waals surface area contributed by atoms with Gasteiger partial charge in [-0.25, -0.2) is 4.79 Å². The van der Waals surface area contributed by atoms with Crippen LogP contribution < -0.4 is 16.4 Å². The Balaban J connectivity index is 2.01. The van der Waals surface area contributed by atoms with E-state index in [0.29, 0.717) is 6.54 Å². The topological polar surface area (TPSA) is 67.2 Å². The molecular weight excluding hydrogens is 250 g/mol. The summed E-state index contributed by atoms with van der Waals surface area (Å²) in [6.07, 6.45) is 0. The fraction of sp³-hybridized carbons (Fsp3) is 0.188. The predicted octanol–water partition coefficient (Wildman–Crippen LogP) is 3.41. The number of aryl methyl sites for hydroxylation is 2. The Morgan fingerprint density at radius 2 is 1.50 bits per heavy atom. The van der Waals surface area contributed by atoms with Crippen LogP contribution in [0.2, 0.25) is 0 Å². The van der Waals surface area contributed by atoms with Crippen LogP contribution >= 0.6 is 0 Å². The molecule has 0 radical (unpaired) electrons. The van der Waals surface area contributed by atoms with Crippen LogP contribution in [0.15, 0.2) is 42.5 Å². The zero-order valence-electron chi connectivity index (χ0n) is 11.7. The number of carbonyl (C=O) groups is 1. The molecule has 104 valence electrons. The van der Waals surface area contributed by atoms with E-state index in [1.165, 1.54) is 0 Å². The van der Waals surface area contributed by atoms with Crippen LogP contribution in [-0.4, -0.2) is 6.03 Å². The molecule has 2 amide bonds. The summed E-state index contributed by atoms with van der Waals surface area (Å²) >= 11 is 0. The fourth-order valence-electron chi connectivity index (χ4n) is 2.06. The van der Waals surface area contributed by atoms with Crippen LogP contribution in [0.25, 0.3) is 0 Å². The number of benzene rings is 2. The Morgan fingerprint density at radius 1 is 0.950 bits per heavy atom. The average molecular weight is 269 g/mol. The second kappa shape index (κ2) is 6.21. The first-order valence-corrected chi connectivity index (χ1v) is 6.52. The third-order valence-electron chi connectivity index (χ3n) is 2.93. The number of hydrogen-bond acceptors (Lipinski definition) is 2. The summed E-state index contributed by atoms with van der Waals surface area (Å²) in [6.45, 7) is 4.50. The standard InChI is InChI=1S/C16H19N3O/c1-11-7-12(2)9-15(8-11)19-16(20)18-14-5-3-13(10-17)4-6-14/h3-9H,10,17H2,1-2H3,(H2,18,19,20). The Kier molecular flexibility index (Phi) is 4.38. The minimum atomic E-state index is -0.254. The largest absolute Gasteiger partial charge is 0.326 e. The lowest BCUT2D eigenvalue weighted by Gasteiger charge is -2.09. The van der Waals surface area contributed by atoms with Crippen molar-refractivity contribution in [3.8, 4) is 0 Å². The molecule has 4 N–H and O–H groups in total. The van der Waals surface area contributed by atoms with Crippen molar-refractivity contribution in [2.75, 3.05) is 10.6 Å². The van der Waals surface area contributed by atoms with E-state index < -0.39 is 0 Å². The number of hydrogen-bond donors (Lipinski definition) is 3. The number of nitrogens with two attached hydrogens (primary N) is 1. The van der Waals surface area contributed by atoms with Gasteiger partial charge in [-0.05, 0) is 54.8 Å². The molecule has 0 heterocycles. The Morgan fingerprint density at radius 3 is 2.05 bits per heavy atom. The maximum absolute atomic E-state index is 11.9. The molecule has 0 bridgehead atoms. The molecule has 0 spiro atoms. The van der Waals surface area contributed by atoms with Gasteiger partial charge in [0, 0.05) is 17.9 Å². The molecule has 4 heteroatoms. The molecule has 2 rings (SSSR count). The summed E-state index contributed by atoms with van der Waals surface area (Å²) in [7, 11) is 0. The van der Waals surface area contributed by atoms with Gasteiger partial charge in [0.1, 0.15) is 0 Å². The second-order valence-corrected chi connectivity index (χ2v) is 4.86. The molecule has 0 saturated heterocycles. The van der Waals surface area contributed by atoms with E-state index >= 15 is 0 Å². The van der Waals surface area contributed by atoms with Crippen LogP contribution in [0.4, 0.5) is 16.2 Å². The van der Waals surface area contributed by atoms with Gasteiger partial charge in [-0.3, -0.25) is 0 Å². The van der Waals surface area contributed by atoms with E-state index in [4.69, 9.17) is 5.73 Å². The number of carbonyl (C=O) groups excluding carboxylic acids is 1. The Hall–Kier alpha value is -2.33. The molecule has 0 fully saturated rings. The highest BCUT2D eigenvalue weighted by Crippen LogP contribution is 2.15. The van der Waals surface area contributed by atoms with Crippen molar-refractivity contribution in [1.29, 1.82) is 0 Å². The SMILES string of the molecule is Cc1cc(C)cc(NC(=O)Nc2ccc(CN)cc2)c1. The maximum Gasteiger partial charge on any atom is 0.323 e. The zero-order valence-corrected chi connectivity index (χ0v) is 11.7. The van der Waals surface area contributed by atoms with Gasteiger partial charge in [0.2, 0.25) is 0 Å². The molecule has 2 aromatic carbocycles. The van der Waals surface area contributed by atoms with E-state index in [0.717, 1.165) is 28.1 Å². The van der Waals surface area contributed by atoms with E-state index in [-0.39, 0.29) is 6.03 Å². The average Bonchev–Trinajstić information content (AvgIpc) is 2.38. The smallest absolute Gasteiger partial charge is 0.323 e. The van der Waals surface area contributed by atoms with E-state index in [1.807, 2.05) is 50.2 Å². The number of rotatable bonds is 3. The van der Waals surface area contributed by atoms with Crippen molar-refractivity contribution >= 4 is 17.4 Å². The first kappa shape index (κ1) is 14.1. The first-order chi connectivity index (χ1) is 9.56. The predicted molar refractivity (Wildman–Crippen MR) is 82.9 cm³/mol. The summed E-state index contributed by atoms with van der Waals surface area (Å²) < 4.78 is 0. The molecule has 0 aliphatic rings. The lowest BCUT2D eigenvalue weighted by molar-refractivity contribution is 0.262. The van der Waals surface area contributed by atoms with Crippen LogP contribution in [0.5, 0.6) is 0 Å². The molecule has 4 nitrogen and oxygen atoms in total. The van der Waals surface area contributed by atoms with Crippen molar-refractivity contribution < 1.29 is 4.79 Å². The van der Waals surface area contributed by atoms with Crippen LogP contribution in [0, 0.1) is 13.8 Å². The molecular formula is C16H19N3O. The molecule has 2 aromatic rings. The van der Waals surface area contributed by atoms with E-state index in [9.17, 15) is 4.79 Å². The van der Waals surface area contributed by atoms with Gasteiger partial charge in [-0.15, -0.1) is 0 Å². The molecule has 20 heavy (non-hydrogen) atoms. The van der Waals surface area contributed by atoms with Crippen LogP contribution in [0.1, 0.15) is 16.7 Å². The third kappa shape index (κ3) is 3.83. The normalized spacial score (nSPS) is 10.2. The monoisotopic (exact) mass is 269 g/mol. The third-order valence-corrected chi connectivity index (χ3v) is 2.93. The van der Waals surface area contributed by atoms with Crippen molar-refractivity contribution in [3.05, 3.63) is 59.2 Å². The summed E-state index contributed by atoms with van der Waals surface area (Å²) in [5.74, 6) is 0. The molecule has 0 unspecified atom stereocenters.